The molecule has 2 heteroatoms. The molecule has 1 aromatic carbocycles. The van der Waals surface area contributed by atoms with E-state index in [4.69, 9.17) is 10.5 Å². The Labute approximate surface area is 97.8 Å². The summed E-state index contributed by atoms with van der Waals surface area (Å²) in [5.41, 5.74) is 8.39. The van der Waals surface area contributed by atoms with Crippen molar-refractivity contribution in [3.8, 4) is 5.75 Å². The highest BCUT2D eigenvalue weighted by Crippen LogP contribution is 2.37. The summed E-state index contributed by atoms with van der Waals surface area (Å²) >= 11 is 0. The molecule has 88 valence electrons. The third-order valence-corrected chi connectivity index (χ3v) is 3.80. The van der Waals surface area contributed by atoms with Crippen molar-refractivity contribution in [1.82, 2.24) is 0 Å². The predicted octanol–water partition coefficient (Wildman–Crippen LogP) is 2.53. The first-order valence-electron chi connectivity index (χ1n) is 6.08. The largest absolute Gasteiger partial charge is 0.496 e. The number of nitrogens with two attached hydrogens (primary N) is 1. The van der Waals surface area contributed by atoms with Gasteiger partial charge in [0.1, 0.15) is 5.75 Å². The van der Waals surface area contributed by atoms with E-state index in [1.165, 1.54) is 24.0 Å². The van der Waals surface area contributed by atoms with Crippen molar-refractivity contribution in [3.63, 3.8) is 0 Å². The van der Waals surface area contributed by atoms with Gasteiger partial charge in [-0.25, -0.2) is 0 Å². The highest BCUT2D eigenvalue weighted by Gasteiger charge is 2.30. The molecule has 0 spiro atoms. The van der Waals surface area contributed by atoms with Crippen LogP contribution in [0.15, 0.2) is 18.2 Å². The van der Waals surface area contributed by atoms with E-state index in [1.54, 1.807) is 7.11 Å². The lowest BCUT2D eigenvalue weighted by Crippen LogP contribution is -2.33. The normalized spacial score (nSPS) is 23.9. The summed E-state index contributed by atoms with van der Waals surface area (Å²) in [6.45, 7) is 2.96. The summed E-state index contributed by atoms with van der Waals surface area (Å²) in [6, 6.07) is 6.41. The lowest BCUT2D eigenvalue weighted by Gasteiger charge is -2.36. The lowest BCUT2D eigenvalue weighted by atomic mass is 9.70. The monoisotopic (exact) mass is 219 g/mol. The molecule has 2 atom stereocenters. The fourth-order valence-corrected chi connectivity index (χ4v) is 2.57. The number of hydrogen-bond acceptors (Lipinski definition) is 2. The Bertz CT molecular complexity index is 360. The molecule has 1 fully saturated rings. The Hall–Kier alpha value is -1.02. The van der Waals surface area contributed by atoms with Crippen LogP contribution in [0.25, 0.3) is 0 Å². The number of benzene rings is 1. The Balaban J connectivity index is 2.10. The molecule has 1 saturated carbocycles. The SMILES string of the molecule is COc1ccc(C)cc1CC1CCC1CN. The molecule has 2 unspecified atom stereocenters. The van der Waals surface area contributed by atoms with E-state index in [1.807, 2.05) is 0 Å². The predicted molar refractivity (Wildman–Crippen MR) is 66.7 cm³/mol. The third kappa shape index (κ3) is 2.22. The van der Waals surface area contributed by atoms with Crippen LogP contribution in [0.5, 0.6) is 5.75 Å². The molecule has 2 rings (SSSR count). The smallest absolute Gasteiger partial charge is 0.122 e. The average molecular weight is 219 g/mol. The van der Waals surface area contributed by atoms with Gasteiger partial charge in [0.25, 0.3) is 0 Å². The fourth-order valence-electron chi connectivity index (χ4n) is 2.57. The highest BCUT2D eigenvalue weighted by molar-refractivity contribution is 5.37. The first kappa shape index (κ1) is 11.5. The Kier molecular flexibility index (Phi) is 3.49. The summed E-state index contributed by atoms with van der Waals surface area (Å²) in [4.78, 5) is 0. The Morgan fingerprint density at radius 2 is 2.06 bits per heavy atom. The van der Waals surface area contributed by atoms with Crippen molar-refractivity contribution in [2.45, 2.75) is 26.2 Å². The van der Waals surface area contributed by atoms with Gasteiger partial charge in [0.05, 0.1) is 7.11 Å². The average Bonchev–Trinajstić information content (AvgIpc) is 2.25. The van der Waals surface area contributed by atoms with Gasteiger partial charge in [0.15, 0.2) is 0 Å². The molecule has 2 nitrogen and oxygen atoms in total. The number of ether oxygens (including phenoxy) is 1. The van der Waals surface area contributed by atoms with Gasteiger partial charge in [-0.15, -0.1) is 0 Å². The van der Waals surface area contributed by atoms with E-state index in [0.717, 1.165) is 30.6 Å². The minimum Gasteiger partial charge on any atom is -0.496 e. The van der Waals surface area contributed by atoms with Crippen LogP contribution in [-0.2, 0) is 6.42 Å². The standard InChI is InChI=1S/C14H21NO/c1-10-3-6-14(16-2)13(7-10)8-11-4-5-12(11)9-15/h3,6-7,11-12H,4-5,8-9,15H2,1-2H3. The number of rotatable bonds is 4. The molecule has 0 radical (unpaired) electrons. The van der Waals surface area contributed by atoms with Crippen LogP contribution >= 0.6 is 0 Å². The second-order valence-corrected chi connectivity index (χ2v) is 4.85. The zero-order valence-electron chi connectivity index (χ0n) is 10.2. The van der Waals surface area contributed by atoms with E-state index in [9.17, 15) is 0 Å². The van der Waals surface area contributed by atoms with Crippen LogP contribution in [0, 0.1) is 18.8 Å². The number of methoxy groups -OCH3 is 1. The summed E-state index contributed by atoms with van der Waals surface area (Å²) < 4.78 is 5.41. The molecule has 1 aliphatic rings. The van der Waals surface area contributed by atoms with Gasteiger partial charge >= 0.3 is 0 Å². The quantitative estimate of drug-likeness (QED) is 0.844. The van der Waals surface area contributed by atoms with Crippen LogP contribution in [-0.4, -0.2) is 13.7 Å². The van der Waals surface area contributed by atoms with Gasteiger partial charge < -0.3 is 10.5 Å². The minimum absolute atomic E-state index is 0.727. The first-order chi connectivity index (χ1) is 7.74. The molecule has 0 aromatic heterocycles. The topological polar surface area (TPSA) is 35.2 Å². The van der Waals surface area contributed by atoms with E-state index in [2.05, 4.69) is 25.1 Å². The molecule has 1 aliphatic carbocycles. The maximum atomic E-state index is 5.75. The number of aryl methyl sites for hydroxylation is 1. The minimum atomic E-state index is 0.727. The first-order valence-corrected chi connectivity index (χ1v) is 6.08. The lowest BCUT2D eigenvalue weighted by molar-refractivity contribution is 0.182. The second kappa shape index (κ2) is 4.88. The molecule has 16 heavy (non-hydrogen) atoms. The van der Waals surface area contributed by atoms with Gasteiger partial charge in [0, 0.05) is 0 Å². The van der Waals surface area contributed by atoms with Crippen LogP contribution in [0.4, 0.5) is 0 Å². The van der Waals surface area contributed by atoms with Gasteiger partial charge in [-0.05, 0) is 56.2 Å². The third-order valence-electron chi connectivity index (χ3n) is 3.80. The van der Waals surface area contributed by atoms with Crippen molar-refractivity contribution in [3.05, 3.63) is 29.3 Å². The summed E-state index contributed by atoms with van der Waals surface area (Å²) in [5, 5.41) is 0. The van der Waals surface area contributed by atoms with Crippen molar-refractivity contribution >= 4 is 0 Å². The molecular weight excluding hydrogens is 198 g/mol. The van der Waals surface area contributed by atoms with Gasteiger partial charge in [-0.3, -0.25) is 0 Å². The molecule has 0 bridgehead atoms. The fraction of sp³-hybridized carbons (Fsp3) is 0.571. The van der Waals surface area contributed by atoms with Gasteiger partial charge in [0.2, 0.25) is 0 Å². The van der Waals surface area contributed by atoms with Gasteiger partial charge in [-0.1, -0.05) is 17.7 Å². The maximum absolute atomic E-state index is 5.75. The number of hydrogen-bond donors (Lipinski definition) is 1. The molecular formula is C14H21NO. The Morgan fingerprint density at radius 3 is 2.62 bits per heavy atom. The zero-order chi connectivity index (χ0) is 11.5. The highest BCUT2D eigenvalue weighted by atomic mass is 16.5. The molecule has 0 aliphatic heterocycles. The van der Waals surface area contributed by atoms with Crippen LogP contribution in [0.1, 0.15) is 24.0 Å². The van der Waals surface area contributed by atoms with Crippen molar-refractivity contribution < 1.29 is 4.74 Å². The Morgan fingerprint density at radius 1 is 1.31 bits per heavy atom. The molecule has 0 saturated heterocycles. The molecule has 2 N–H and O–H groups in total. The van der Waals surface area contributed by atoms with E-state index in [0.29, 0.717) is 0 Å². The van der Waals surface area contributed by atoms with Crippen molar-refractivity contribution in [1.29, 1.82) is 0 Å². The summed E-state index contributed by atoms with van der Waals surface area (Å²) in [5.74, 6) is 2.51. The van der Waals surface area contributed by atoms with E-state index in [-0.39, 0.29) is 0 Å². The second-order valence-electron chi connectivity index (χ2n) is 4.85. The van der Waals surface area contributed by atoms with Crippen molar-refractivity contribution in [2.24, 2.45) is 17.6 Å². The molecule has 0 amide bonds. The van der Waals surface area contributed by atoms with E-state index >= 15 is 0 Å². The van der Waals surface area contributed by atoms with Crippen LogP contribution in [0.3, 0.4) is 0 Å². The summed E-state index contributed by atoms with van der Waals surface area (Å²) in [7, 11) is 1.75. The summed E-state index contributed by atoms with van der Waals surface area (Å²) in [6.07, 6.45) is 3.74. The molecule has 1 aromatic rings. The van der Waals surface area contributed by atoms with Crippen LogP contribution in [0.2, 0.25) is 0 Å². The maximum Gasteiger partial charge on any atom is 0.122 e. The molecule has 0 heterocycles. The van der Waals surface area contributed by atoms with Crippen molar-refractivity contribution in [2.75, 3.05) is 13.7 Å². The van der Waals surface area contributed by atoms with Gasteiger partial charge in [-0.2, -0.15) is 0 Å². The van der Waals surface area contributed by atoms with Crippen LogP contribution < -0.4 is 10.5 Å². The zero-order valence-corrected chi connectivity index (χ0v) is 10.2. The van der Waals surface area contributed by atoms with E-state index < -0.39 is 0 Å².